The quantitative estimate of drug-likeness (QED) is 0.659. The van der Waals surface area contributed by atoms with Gasteiger partial charge in [-0.3, -0.25) is 4.79 Å². The van der Waals surface area contributed by atoms with E-state index >= 15 is 0 Å². The predicted molar refractivity (Wildman–Crippen MR) is 78.4 cm³/mol. The molecular formula is C17H17NO6. The Morgan fingerprint density at radius 1 is 1.21 bits per heavy atom. The van der Waals surface area contributed by atoms with Gasteiger partial charge in [0, 0.05) is 12.8 Å². The SMILES string of the molecule is O=C1CC[C@]23C[C@@H](O)[C@H]4O[C@]42c2cc4c(cc2[C@@H](O)CN13)OCO4. The highest BCUT2D eigenvalue weighted by molar-refractivity contribution is 5.81. The van der Waals surface area contributed by atoms with Crippen LogP contribution in [-0.2, 0) is 15.1 Å². The van der Waals surface area contributed by atoms with Crippen LogP contribution in [0.15, 0.2) is 12.1 Å². The molecule has 2 N–H and O–H groups in total. The molecule has 5 aliphatic rings. The molecule has 2 saturated heterocycles. The summed E-state index contributed by atoms with van der Waals surface area (Å²) in [5.41, 5.74) is 0.218. The van der Waals surface area contributed by atoms with Crippen molar-refractivity contribution in [2.24, 2.45) is 0 Å². The molecule has 1 aromatic rings. The van der Waals surface area contributed by atoms with E-state index in [0.29, 0.717) is 36.3 Å². The summed E-state index contributed by atoms with van der Waals surface area (Å²) < 4.78 is 17.0. The van der Waals surface area contributed by atoms with Gasteiger partial charge < -0.3 is 29.3 Å². The molecule has 126 valence electrons. The number of hydrogen-bond acceptors (Lipinski definition) is 6. The van der Waals surface area contributed by atoms with Crippen molar-refractivity contribution < 1.29 is 29.2 Å². The number of carbonyl (C=O) groups excluding carboxylic acids is 1. The van der Waals surface area contributed by atoms with Crippen LogP contribution in [-0.4, -0.2) is 52.1 Å². The standard InChI is InChI=1S/C17H17NO6/c19-10-5-16-2-1-14(21)18(16)6-11(20)8-3-12-13(23-7-22-12)4-9(8)17(16)15(10)24-17/h3-4,10-11,15,19-20H,1-2,5-7H2/t10-,11+,15-,16+,17-/m1/s1. The summed E-state index contributed by atoms with van der Waals surface area (Å²) in [7, 11) is 0. The van der Waals surface area contributed by atoms with Crippen molar-refractivity contribution in [2.45, 2.75) is 48.7 Å². The summed E-state index contributed by atoms with van der Waals surface area (Å²) in [5, 5.41) is 21.3. The van der Waals surface area contributed by atoms with Crippen LogP contribution in [0.5, 0.6) is 11.5 Å². The summed E-state index contributed by atoms with van der Waals surface area (Å²) in [6.45, 7) is 0.375. The molecule has 0 aromatic heterocycles. The monoisotopic (exact) mass is 331 g/mol. The molecule has 7 heteroatoms. The second-order valence-corrected chi connectivity index (χ2v) is 7.39. The molecular weight excluding hydrogens is 314 g/mol. The zero-order valence-corrected chi connectivity index (χ0v) is 12.9. The Balaban J connectivity index is 1.64. The molecule has 6 rings (SSSR count). The Bertz CT molecular complexity index is 796. The van der Waals surface area contributed by atoms with Crippen LogP contribution in [0.25, 0.3) is 0 Å². The van der Waals surface area contributed by atoms with E-state index in [4.69, 9.17) is 14.2 Å². The number of amides is 1. The Labute approximate surface area is 137 Å². The van der Waals surface area contributed by atoms with Gasteiger partial charge in [0.05, 0.1) is 24.3 Å². The van der Waals surface area contributed by atoms with Crippen LogP contribution in [0.2, 0.25) is 0 Å². The zero-order valence-electron chi connectivity index (χ0n) is 12.9. The Morgan fingerprint density at radius 3 is 2.79 bits per heavy atom. The van der Waals surface area contributed by atoms with Gasteiger partial charge in [-0.15, -0.1) is 0 Å². The molecule has 1 amide bonds. The number of aliphatic hydroxyl groups is 2. The van der Waals surface area contributed by atoms with Crippen molar-refractivity contribution in [3.8, 4) is 11.5 Å². The van der Waals surface area contributed by atoms with Gasteiger partial charge in [0.1, 0.15) is 11.7 Å². The molecule has 3 fully saturated rings. The fourth-order valence-corrected chi connectivity index (χ4v) is 5.49. The fraction of sp³-hybridized carbons (Fsp3) is 0.588. The van der Waals surface area contributed by atoms with Crippen molar-refractivity contribution in [2.75, 3.05) is 13.3 Å². The van der Waals surface area contributed by atoms with Crippen LogP contribution in [0, 0.1) is 0 Å². The lowest BCUT2D eigenvalue weighted by atomic mass is 9.77. The third-order valence-corrected chi connectivity index (χ3v) is 6.47. The van der Waals surface area contributed by atoms with Crippen LogP contribution in [0.4, 0.5) is 0 Å². The van der Waals surface area contributed by atoms with Crippen molar-refractivity contribution >= 4 is 5.91 Å². The van der Waals surface area contributed by atoms with Crippen molar-refractivity contribution in [1.82, 2.24) is 4.90 Å². The lowest BCUT2D eigenvalue weighted by Crippen LogP contribution is -2.53. The first kappa shape index (κ1) is 13.5. The molecule has 7 nitrogen and oxygen atoms in total. The van der Waals surface area contributed by atoms with Crippen LogP contribution in [0.1, 0.15) is 36.5 Å². The van der Waals surface area contributed by atoms with E-state index in [1.54, 1.807) is 11.0 Å². The average molecular weight is 331 g/mol. The second-order valence-electron chi connectivity index (χ2n) is 7.39. The number of hydrogen-bond donors (Lipinski definition) is 2. The molecule has 5 atom stereocenters. The topological polar surface area (TPSA) is 91.8 Å². The summed E-state index contributed by atoms with van der Waals surface area (Å²) in [6.07, 6.45) is -0.195. The molecule has 1 aromatic carbocycles. The molecule has 0 bridgehead atoms. The van der Waals surface area contributed by atoms with Crippen LogP contribution >= 0.6 is 0 Å². The minimum atomic E-state index is -0.810. The van der Waals surface area contributed by atoms with E-state index in [1.807, 2.05) is 6.07 Å². The third-order valence-electron chi connectivity index (χ3n) is 6.47. The van der Waals surface area contributed by atoms with E-state index in [-0.39, 0.29) is 25.3 Å². The van der Waals surface area contributed by atoms with E-state index in [0.717, 1.165) is 5.56 Å². The lowest BCUT2D eigenvalue weighted by molar-refractivity contribution is -0.135. The minimum absolute atomic E-state index is 0.0182. The maximum Gasteiger partial charge on any atom is 0.231 e. The highest BCUT2D eigenvalue weighted by Gasteiger charge is 2.81. The first-order chi connectivity index (χ1) is 11.6. The van der Waals surface area contributed by atoms with E-state index in [2.05, 4.69) is 0 Å². The van der Waals surface area contributed by atoms with Gasteiger partial charge in [0.2, 0.25) is 12.7 Å². The molecule has 1 saturated carbocycles. The van der Waals surface area contributed by atoms with Gasteiger partial charge in [-0.25, -0.2) is 0 Å². The van der Waals surface area contributed by atoms with Gasteiger partial charge in [0.25, 0.3) is 0 Å². The summed E-state index contributed by atoms with van der Waals surface area (Å²) in [6, 6.07) is 3.66. The molecule has 1 aliphatic carbocycles. The molecule has 0 radical (unpaired) electrons. The van der Waals surface area contributed by atoms with Crippen molar-refractivity contribution in [3.63, 3.8) is 0 Å². The van der Waals surface area contributed by atoms with E-state index < -0.39 is 23.3 Å². The van der Waals surface area contributed by atoms with Crippen LogP contribution < -0.4 is 9.47 Å². The number of rotatable bonds is 0. The lowest BCUT2D eigenvalue weighted by Gasteiger charge is -2.39. The number of aliphatic hydroxyl groups excluding tert-OH is 2. The number of fused-ring (bicyclic) bond motifs is 2. The number of benzene rings is 1. The predicted octanol–water partition coefficient (Wildman–Crippen LogP) is 0.182. The summed E-state index contributed by atoms with van der Waals surface area (Å²) in [5.74, 6) is 1.24. The maximum atomic E-state index is 12.5. The van der Waals surface area contributed by atoms with Gasteiger partial charge in [-0.05, 0) is 29.7 Å². The largest absolute Gasteiger partial charge is 0.454 e. The number of β-amino-alcohol motifs (C(OH)–C–C–N with tert-alkyl or cyclic N) is 1. The molecule has 4 aliphatic heterocycles. The van der Waals surface area contributed by atoms with Gasteiger partial charge in [0.15, 0.2) is 11.5 Å². The Kier molecular flexibility index (Phi) is 2.17. The Hall–Kier alpha value is -1.83. The fourth-order valence-electron chi connectivity index (χ4n) is 5.49. The van der Waals surface area contributed by atoms with E-state index in [9.17, 15) is 15.0 Å². The van der Waals surface area contributed by atoms with Crippen molar-refractivity contribution in [3.05, 3.63) is 23.3 Å². The number of epoxide rings is 1. The van der Waals surface area contributed by atoms with Gasteiger partial charge in [-0.1, -0.05) is 0 Å². The minimum Gasteiger partial charge on any atom is -0.454 e. The number of carbonyl (C=O) groups is 1. The second kappa shape index (κ2) is 3.87. The molecule has 2 spiro atoms. The zero-order chi connectivity index (χ0) is 16.3. The highest BCUT2D eigenvalue weighted by atomic mass is 16.7. The summed E-state index contributed by atoms with van der Waals surface area (Å²) >= 11 is 0. The smallest absolute Gasteiger partial charge is 0.231 e. The molecule has 4 heterocycles. The van der Waals surface area contributed by atoms with E-state index in [1.165, 1.54) is 0 Å². The van der Waals surface area contributed by atoms with Gasteiger partial charge >= 0.3 is 0 Å². The first-order valence-corrected chi connectivity index (χ1v) is 8.35. The number of nitrogens with zero attached hydrogens (tertiary/aromatic N) is 1. The maximum absolute atomic E-state index is 12.5. The van der Waals surface area contributed by atoms with Gasteiger partial charge in [-0.2, -0.15) is 0 Å². The van der Waals surface area contributed by atoms with Crippen molar-refractivity contribution in [1.29, 1.82) is 0 Å². The number of ether oxygens (including phenoxy) is 3. The normalized spacial score (nSPS) is 43.8. The third kappa shape index (κ3) is 1.24. The highest BCUT2D eigenvalue weighted by Crippen LogP contribution is 2.70. The summed E-state index contributed by atoms with van der Waals surface area (Å²) in [4.78, 5) is 14.2. The Morgan fingerprint density at radius 2 is 2.00 bits per heavy atom. The first-order valence-electron chi connectivity index (χ1n) is 8.35. The molecule has 24 heavy (non-hydrogen) atoms. The average Bonchev–Trinajstić information content (AvgIpc) is 2.96. The molecule has 0 unspecified atom stereocenters. The van der Waals surface area contributed by atoms with Crippen LogP contribution in [0.3, 0.4) is 0 Å².